The van der Waals surface area contributed by atoms with Crippen LogP contribution in [0.1, 0.15) is 55.8 Å². The van der Waals surface area contributed by atoms with E-state index >= 15 is 4.39 Å². The SMILES string of the molecule is CNC(=O)N1CCN(c2ccc(C(=O)Nc3cc(OC(F)(F)F)c(-c4ccc(-c5cnc(C6CCCN6C(=O)C(NC(=O)OC)C(C)C)[nH]5)cc4)cc3F)cn2)C(C)C1. The van der Waals surface area contributed by atoms with Crippen LogP contribution in [0.3, 0.4) is 0 Å². The van der Waals surface area contributed by atoms with E-state index in [0.717, 1.165) is 18.6 Å². The van der Waals surface area contributed by atoms with E-state index < -0.39 is 41.7 Å². The lowest BCUT2D eigenvalue weighted by atomic mass is 10.0. The molecular formula is C40H45F4N9O6. The quantitative estimate of drug-likeness (QED) is 0.134. The molecule has 4 aromatic rings. The van der Waals surface area contributed by atoms with Crippen LogP contribution in [0.25, 0.3) is 22.4 Å². The number of nitrogens with one attached hydrogen (secondary N) is 4. The van der Waals surface area contributed by atoms with Gasteiger partial charge in [0.05, 0.1) is 36.3 Å². The second kappa shape index (κ2) is 17.6. The number of alkyl halides is 3. The first kappa shape index (κ1) is 42.2. The van der Waals surface area contributed by atoms with Crippen molar-refractivity contribution in [1.29, 1.82) is 0 Å². The molecule has 59 heavy (non-hydrogen) atoms. The molecule has 2 aromatic heterocycles. The molecule has 0 radical (unpaired) electrons. The number of piperazine rings is 1. The molecule has 0 saturated carbocycles. The van der Waals surface area contributed by atoms with E-state index in [4.69, 9.17) is 4.74 Å². The van der Waals surface area contributed by atoms with Gasteiger partial charge in [-0.1, -0.05) is 38.1 Å². The van der Waals surface area contributed by atoms with Crippen LogP contribution in [0.4, 0.5) is 38.7 Å². The van der Waals surface area contributed by atoms with Crippen LogP contribution in [0.5, 0.6) is 5.75 Å². The molecule has 4 heterocycles. The number of pyridine rings is 1. The van der Waals surface area contributed by atoms with Gasteiger partial charge in [0.1, 0.15) is 29.3 Å². The highest BCUT2D eigenvalue weighted by Gasteiger charge is 2.38. The first-order chi connectivity index (χ1) is 28.1. The van der Waals surface area contributed by atoms with Crippen molar-refractivity contribution in [2.45, 2.75) is 58.1 Å². The average molecular weight is 824 g/mol. The number of likely N-dealkylation sites (tertiary alicyclic amines) is 1. The number of amides is 5. The van der Waals surface area contributed by atoms with Gasteiger partial charge in [-0.25, -0.2) is 23.9 Å². The maximum atomic E-state index is 15.6. The summed E-state index contributed by atoms with van der Waals surface area (Å²) in [6.07, 6.45) is -1.64. The summed E-state index contributed by atoms with van der Waals surface area (Å²) < 4.78 is 65.5. The molecule has 3 atom stereocenters. The molecule has 2 saturated heterocycles. The number of halogens is 4. The fourth-order valence-electron chi connectivity index (χ4n) is 7.28. The summed E-state index contributed by atoms with van der Waals surface area (Å²) in [4.78, 5) is 68.1. The summed E-state index contributed by atoms with van der Waals surface area (Å²) >= 11 is 0. The highest BCUT2D eigenvalue weighted by molar-refractivity contribution is 6.04. The number of methoxy groups -OCH3 is 1. The Kier molecular flexibility index (Phi) is 12.6. The van der Waals surface area contributed by atoms with E-state index in [-0.39, 0.29) is 46.6 Å². The fraction of sp³-hybridized carbons (Fsp3) is 0.400. The normalized spacial score (nSPS) is 17.4. The number of nitrogens with zero attached hydrogens (tertiary/aromatic N) is 5. The minimum atomic E-state index is -5.14. The van der Waals surface area contributed by atoms with Crippen molar-refractivity contribution in [2.75, 3.05) is 50.6 Å². The minimum absolute atomic E-state index is 0.0345. The molecule has 314 valence electrons. The van der Waals surface area contributed by atoms with Gasteiger partial charge in [0.15, 0.2) is 0 Å². The summed E-state index contributed by atoms with van der Waals surface area (Å²) in [7, 11) is 2.78. The van der Waals surface area contributed by atoms with Crippen LogP contribution in [0.15, 0.2) is 60.9 Å². The summed E-state index contributed by atoms with van der Waals surface area (Å²) in [5, 5.41) is 7.54. The van der Waals surface area contributed by atoms with Gasteiger partial charge in [-0.3, -0.25) is 9.59 Å². The van der Waals surface area contributed by atoms with E-state index in [1.165, 1.54) is 31.5 Å². The summed E-state index contributed by atoms with van der Waals surface area (Å²) in [6, 6.07) is 9.48. The molecule has 6 rings (SSSR count). The number of carbonyl (C=O) groups is 4. The Balaban J connectivity index is 1.17. The predicted octanol–water partition coefficient (Wildman–Crippen LogP) is 6.32. The Bertz CT molecular complexity index is 2160. The lowest BCUT2D eigenvalue weighted by Crippen LogP contribution is -2.55. The Morgan fingerprint density at radius 3 is 2.32 bits per heavy atom. The van der Waals surface area contributed by atoms with Crippen molar-refractivity contribution < 1.29 is 46.2 Å². The van der Waals surface area contributed by atoms with Crippen molar-refractivity contribution >= 4 is 35.4 Å². The van der Waals surface area contributed by atoms with Crippen LogP contribution in [0.2, 0.25) is 0 Å². The van der Waals surface area contributed by atoms with Crippen LogP contribution < -0.4 is 25.6 Å². The molecule has 4 N–H and O–H groups in total. The Morgan fingerprint density at radius 2 is 1.69 bits per heavy atom. The zero-order valence-electron chi connectivity index (χ0n) is 33.0. The monoisotopic (exact) mass is 823 g/mol. The van der Waals surface area contributed by atoms with Crippen molar-refractivity contribution in [3.8, 4) is 28.1 Å². The third kappa shape index (κ3) is 9.67. The predicted molar refractivity (Wildman–Crippen MR) is 209 cm³/mol. The van der Waals surface area contributed by atoms with Gasteiger partial charge in [-0.15, -0.1) is 13.2 Å². The van der Waals surface area contributed by atoms with Gasteiger partial charge in [0, 0.05) is 57.1 Å². The first-order valence-corrected chi connectivity index (χ1v) is 19.0. The van der Waals surface area contributed by atoms with Crippen LogP contribution >= 0.6 is 0 Å². The smallest absolute Gasteiger partial charge is 0.453 e. The molecule has 15 nitrogen and oxygen atoms in total. The molecular weight excluding hydrogens is 778 g/mol. The third-order valence-electron chi connectivity index (χ3n) is 10.3. The van der Waals surface area contributed by atoms with Gasteiger partial charge in [-0.2, -0.15) is 0 Å². The molecule has 2 aliphatic heterocycles. The molecule has 0 aliphatic carbocycles. The maximum absolute atomic E-state index is 15.6. The van der Waals surface area contributed by atoms with Crippen molar-refractivity contribution in [3.05, 3.63) is 78.1 Å². The molecule has 0 spiro atoms. The van der Waals surface area contributed by atoms with E-state index in [1.807, 2.05) is 25.7 Å². The molecule has 2 aliphatic rings. The Hall–Kier alpha value is -6.40. The topological polar surface area (TPSA) is 174 Å². The number of benzene rings is 2. The number of anilines is 2. The number of hydrogen-bond donors (Lipinski definition) is 4. The summed E-state index contributed by atoms with van der Waals surface area (Å²) in [6.45, 7) is 7.46. The third-order valence-corrected chi connectivity index (χ3v) is 10.3. The number of urea groups is 1. The number of aromatic amines is 1. The highest BCUT2D eigenvalue weighted by atomic mass is 19.4. The van der Waals surface area contributed by atoms with Crippen molar-refractivity contribution in [2.24, 2.45) is 5.92 Å². The van der Waals surface area contributed by atoms with E-state index in [1.54, 1.807) is 41.2 Å². The summed E-state index contributed by atoms with van der Waals surface area (Å²) in [5.41, 5.74) is 0.649. The lowest BCUT2D eigenvalue weighted by Gasteiger charge is -2.40. The van der Waals surface area contributed by atoms with Crippen LogP contribution in [0, 0.1) is 11.7 Å². The number of H-pyrrole nitrogens is 1. The van der Waals surface area contributed by atoms with Gasteiger partial charge < -0.3 is 45.1 Å². The molecule has 0 bridgehead atoms. The van der Waals surface area contributed by atoms with E-state index in [2.05, 4.69) is 35.6 Å². The maximum Gasteiger partial charge on any atom is 0.573 e. The van der Waals surface area contributed by atoms with E-state index in [0.29, 0.717) is 55.5 Å². The second-order valence-electron chi connectivity index (χ2n) is 14.6. The number of carbonyl (C=O) groups excluding carboxylic acids is 4. The number of rotatable bonds is 10. The number of aromatic nitrogens is 3. The minimum Gasteiger partial charge on any atom is -0.453 e. The number of hydrogen-bond acceptors (Lipinski definition) is 9. The van der Waals surface area contributed by atoms with Crippen molar-refractivity contribution in [3.63, 3.8) is 0 Å². The molecule has 3 unspecified atom stereocenters. The lowest BCUT2D eigenvalue weighted by molar-refractivity contribution is -0.274. The molecule has 2 fully saturated rings. The fourth-order valence-corrected chi connectivity index (χ4v) is 7.28. The number of alkyl carbamates (subject to hydrolysis) is 1. The van der Waals surface area contributed by atoms with Gasteiger partial charge in [-0.05, 0) is 55.0 Å². The number of ether oxygens (including phenoxy) is 2. The highest BCUT2D eigenvalue weighted by Crippen LogP contribution is 2.39. The Labute approximate surface area is 337 Å². The molecule has 19 heteroatoms. The average Bonchev–Trinajstić information content (AvgIpc) is 3.91. The molecule has 2 aromatic carbocycles. The second-order valence-corrected chi connectivity index (χ2v) is 14.6. The van der Waals surface area contributed by atoms with Gasteiger partial charge in [0.25, 0.3) is 5.91 Å². The van der Waals surface area contributed by atoms with Crippen molar-refractivity contribution in [1.82, 2.24) is 35.4 Å². The Morgan fingerprint density at radius 1 is 0.966 bits per heavy atom. The van der Waals surface area contributed by atoms with Gasteiger partial charge in [0.2, 0.25) is 5.91 Å². The zero-order valence-corrected chi connectivity index (χ0v) is 33.0. The number of imidazole rings is 1. The molecule has 5 amide bonds. The van der Waals surface area contributed by atoms with Crippen LogP contribution in [-0.4, -0.2) is 107 Å². The standard InChI is InChI=1S/C40H45F4N9O6/c1-22(2)34(50-39(57)58-5)37(55)53-14-6-7-31(53)35-47-20-30(48-35)25-10-8-24(9-11-25)27-17-28(41)29(18-32(27)59-40(42,43)44)49-36(54)26-12-13-33(46-19-26)52-16-15-51(21-23(52)3)38(56)45-4/h8-13,17-20,22-23,31,34H,6-7,14-16,21H2,1-5H3,(H,45,56)(H,47,48)(H,49,54)(H,50,57). The van der Waals surface area contributed by atoms with Crippen LogP contribution in [-0.2, 0) is 9.53 Å². The largest absolute Gasteiger partial charge is 0.573 e. The summed E-state index contributed by atoms with van der Waals surface area (Å²) in [5.74, 6) is -1.95. The van der Waals surface area contributed by atoms with E-state index in [9.17, 15) is 32.3 Å². The first-order valence-electron chi connectivity index (χ1n) is 19.0. The zero-order chi connectivity index (χ0) is 42.6. The van der Waals surface area contributed by atoms with Gasteiger partial charge >= 0.3 is 18.5 Å².